The fourth-order valence-electron chi connectivity index (χ4n) is 7.04. The van der Waals surface area contributed by atoms with Crippen molar-refractivity contribution in [1.82, 2.24) is 24.3 Å². The Bertz CT molecular complexity index is 3040. The smallest absolute Gasteiger partial charge is 0.487 e. The third-order valence-electron chi connectivity index (χ3n) is 10.2. The van der Waals surface area contributed by atoms with E-state index in [2.05, 4.69) is 81.2 Å². The molecule has 1 aromatic heterocycles. The molecule has 3 aliphatic rings. The summed E-state index contributed by atoms with van der Waals surface area (Å²) >= 11 is 1.70. The van der Waals surface area contributed by atoms with Gasteiger partial charge in [0, 0.05) is 84.2 Å². The van der Waals surface area contributed by atoms with Crippen LogP contribution in [0.3, 0.4) is 0 Å². The van der Waals surface area contributed by atoms with Gasteiger partial charge in [0.25, 0.3) is 19.3 Å². The molecule has 2 amide bonds. The van der Waals surface area contributed by atoms with E-state index in [0.29, 0.717) is 12.0 Å². The van der Waals surface area contributed by atoms with E-state index in [1.165, 1.54) is 0 Å². The number of phosphoric acid groups is 3. The molecule has 2 aliphatic heterocycles. The lowest BCUT2D eigenvalue weighted by molar-refractivity contribution is -0.212. The first-order valence-corrected chi connectivity index (χ1v) is 25.4. The third-order valence-corrected chi connectivity index (χ3v) is 15.1. The van der Waals surface area contributed by atoms with Crippen molar-refractivity contribution in [2.45, 2.75) is 38.0 Å². The Morgan fingerprint density at radius 3 is 2.45 bits per heavy atom. The number of ether oxygens (including phenoxy) is 1. The zero-order valence-electron chi connectivity index (χ0n) is 36.2. The first kappa shape index (κ1) is 50.3. The summed E-state index contributed by atoms with van der Waals surface area (Å²) in [5, 5.41) is 4.74. The van der Waals surface area contributed by atoms with Gasteiger partial charge in [0.1, 0.15) is 25.9 Å². The lowest BCUT2D eigenvalue weighted by Crippen LogP contribution is -2.34. The molecular formula is C41H47N6O15P3S. The minimum absolute atomic E-state index is 0.0733. The number of fused-ring (bicyclic) bond motifs is 2. The Labute approximate surface area is 381 Å². The number of aromatic nitrogens is 2. The molecule has 5 atom stereocenters. The van der Waals surface area contributed by atoms with E-state index in [1.807, 2.05) is 52.5 Å². The Morgan fingerprint density at radius 2 is 1.74 bits per heavy atom. The Kier molecular flexibility index (Phi) is 15.9. The molecule has 21 nitrogen and oxygen atoms in total. The highest BCUT2D eigenvalue weighted by Crippen LogP contribution is 2.65. The lowest BCUT2D eigenvalue weighted by Gasteiger charge is -2.22. The van der Waals surface area contributed by atoms with E-state index in [0.717, 1.165) is 53.5 Å². The Balaban J connectivity index is 1.05. The van der Waals surface area contributed by atoms with Crippen LogP contribution in [0.25, 0.3) is 31.7 Å². The Hall–Kier alpha value is -5.10. The number of benzene rings is 3. The number of carbonyl (C=O) groups is 2. The SMILES string of the molecule is CN(CCCC(=O)NCC#Cc1cn([C@H]2CC[C@@H](COP(=O)(O)OP(=O)(O)OP(=O)([O-])O)O2)c(=O)[nH]c1=O)C(=O)c1ccccc1-c1c2ccc(=[N+](C)C)cc-2sc2cc(N(C)C)ccc12. The van der Waals surface area contributed by atoms with Gasteiger partial charge in [-0.15, -0.1) is 11.3 Å². The van der Waals surface area contributed by atoms with Crippen molar-refractivity contribution < 1.29 is 60.7 Å². The van der Waals surface area contributed by atoms with E-state index in [9.17, 15) is 47.6 Å². The van der Waals surface area contributed by atoms with Gasteiger partial charge in [0.05, 0.1) is 19.3 Å². The van der Waals surface area contributed by atoms with E-state index in [1.54, 1.807) is 23.3 Å². The molecule has 25 heteroatoms. The molecule has 66 heavy (non-hydrogen) atoms. The van der Waals surface area contributed by atoms with Crippen molar-refractivity contribution >= 4 is 62.4 Å². The van der Waals surface area contributed by atoms with Gasteiger partial charge in [-0.25, -0.2) is 22.8 Å². The van der Waals surface area contributed by atoms with Crippen LogP contribution in [-0.2, 0) is 36.4 Å². The quantitative estimate of drug-likeness (QED) is 0.0411. The molecule has 2 aromatic carbocycles. The second-order valence-corrected chi connectivity index (χ2v) is 20.9. The van der Waals surface area contributed by atoms with Crippen LogP contribution in [0.4, 0.5) is 5.69 Å². The second-order valence-electron chi connectivity index (χ2n) is 15.4. The molecule has 0 spiro atoms. The van der Waals surface area contributed by atoms with Gasteiger partial charge in [-0.3, -0.25) is 33.0 Å². The molecule has 0 bridgehead atoms. The van der Waals surface area contributed by atoms with Gasteiger partial charge >= 0.3 is 21.3 Å². The Morgan fingerprint density at radius 1 is 1.00 bits per heavy atom. The number of anilines is 1. The van der Waals surface area contributed by atoms with Crippen molar-refractivity contribution in [2.75, 3.05) is 59.8 Å². The molecule has 352 valence electrons. The standard InChI is InChI=1S/C41H47N6O15P3S/c1-44(2)27-14-17-32-34(22-27)66-35-23-28(45(3)4)15-18-33(35)38(32)30-11-6-7-12-31(30)40(50)46(5)21-9-13-36(48)42-20-8-10-26-24-47(41(51)43-39(26)49)37-19-16-29(60-37)25-59-64(55,56)62-65(57,58)61-63(52,53)54/h6-7,11-12,14-15,17-18,22-24,29,37H,9,13,16,19-21,25H2,1-5H3,(H5-,42,43,48,49,51,52,53,54,55,56,57,58)/t29-,37+/m0/s1. The number of rotatable bonds is 16. The number of nitrogens with zero attached hydrogens (tertiary/aromatic N) is 4. The number of carbonyl (C=O) groups excluding carboxylic acids is 2. The summed E-state index contributed by atoms with van der Waals surface area (Å²) in [5.41, 5.74) is 2.54. The third kappa shape index (κ3) is 12.9. The van der Waals surface area contributed by atoms with Crippen molar-refractivity contribution in [3.05, 3.63) is 104 Å². The van der Waals surface area contributed by atoms with Crippen LogP contribution in [0, 0.1) is 11.8 Å². The van der Waals surface area contributed by atoms with Crippen molar-refractivity contribution in [3.8, 4) is 33.4 Å². The van der Waals surface area contributed by atoms with Crippen molar-refractivity contribution in [3.63, 3.8) is 0 Å². The highest BCUT2D eigenvalue weighted by atomic mass is 32.1. The van der Waals surface area contributed by atoms with Gasteiger partial charge in [-0.2, -0.15) is 4.31 Å². The number of phosphoric ester groups is 1. The van der Waals surface area contributed by atoms with Crippen LogP contribution >= 0.6 is 34.8 Å². The zero-order chi connectivity index (χ0) is 48.1. The molecule has 5 N–H and O–H groups in total. The first-order chi connectivity index (χ1) is 31.0. The largest absolute Gasteiger partial charge is 0.756 e. The maximum atomic E-state index is 14.1. The molecule has 0 saturated carbocycles. The van der Waals surface area contributed by atoms with Gasteiger partial charge < -0.3 is 39.4 Å². The van der Waals surface area contributed by atoms with Crippen LogP contribution in [0.1, 0.15) is 47.8 Å². The number of hydrogen-bond donors (Lipinski definition) is 5. The summed E-state index contributed by atoms with van der Waals surface area (Å²) in [6, 6.07) is 20.2. The second kappa shape index (κ2) is 20.8. The summed E-state index contributed by atoms with van der Waals surface area (Å²) < 4.78 is 55.9. The predicted molar refractivity (Wildman–Crippen MR) is 243 cm³/mol. The number of H-pyrrole nitrogens is 1. The number of hydrogen-bond acceptors (Lipinski definition) is 14. The molecule has 1 saturated heterocycles. The highest BCUT2D eigenvalue weighted by molar-refractivity contribution is 7.66. The summed E-state index contributed by atoms with van der Waals surface area (Å²) in [6.07, 6.45) is -0.186. The first-order valence-electron chi connectivity index (χ1n) is 20.1. The topological polar surface area (TPSA) is 282 Å². The van der Waals surface area contributed by atoms with Crippen LogP contribution < -0.4 is 36.3 Å². The molecule has 3 aromatic rings. The lowest BCUT2D eigenvalue weighted by atomic mass is 9.91. The fraction of sp³-hybridized carbons (Fsp3) is 0.341. The average Bonchev–Trinajstić information content (AvgIpc) is 3.71. The summed E-state index contributed by atoms with van der Waals surface area (Å²) in [7, 11) is -7.34. The zero-order valence-corrected chi connectivity index (χ0v) is 39.7. The minimum atomic E-state index is -5.82. The molecule has 0 radical (unpaired) electrons. The maximum absolute atomic E-state index is 14.1. The molecule has 3 unspecified atom stereocenters. The van der Waals surface area contributed by atoms with Crippen molar-refractivity contribution in [2.24, 2.45) is 0 Å². The van der Waals surface area contributed by atoms with Gasteiger partial charge in [0.15, 0.2) is 0 Å². The van der Waals surface area contributed by atoms with Crippen LogP contribution in [0.5, 0.6) is 0 Å². The van der Waals surface area contributed by atoms with Crippen molar-refractivity contribution in [1.29, 1.82) is 0 Å². The fourth-order valence-corrected chi connectivity index (χ4v) is 11.2. The molecule has 3 heterocycles. The van der Waals surface area contributed by atoms with Crippen LogP contribution in [-0.4, -0.2) is 102 Å². The summed E-state index contributed by atoms with van der Waals surface area (Å²) in [4.78, 5) is 97.1. The van der Waals surface area contributed by atoms with E-state index in [-0.39, 0.29) is 49.7 Å². The molecule has 1 aliphatic carbocycles. The van der Waals surface area contributed by atoms with E-state index in [4.69, 9.17) is 9.63 Å². The number of nitrogens with one attached hydrogen (secondary N) is 2. The van der Waals surface area contributed by atoms with E-state index < -0.39 is 53.7 Å². The normalized spacial score (nSPS) is 17.5. The minimum Gasteiger partial charge on any atom is -0.756 e. The number of aromatic amines is 1. The van der Waals surface area contributed by atoms with Gasteiger partial charge in [-0.1, -0.05) is 36.1 Å². The maximum Gasteiger partial charge on any atom is 0.487 e. The molecule has 1 fully saturated rings. The summed E-state index contributed by atoms with van der Waals surface area (Å²) in [6.45, 7) is -0.602. The predicted octanol–water partition coefficient (Wildman–Crippen LogP) is 3.03. The van der Waals surface area contributed by atoms with E-state index >= 15 is 0 Å². The molecule has 6 rings (SSSR count). The van der Waals surface area contributed by atoms with Gasteiger partial charge in [-0.05, 0) is 54.7 Å². The highest BCUT2D eigenvalue weighted by Gasteiger charge is 2.39. The van der Waals surface area contributed by atoms with Crippen LogP contribution in [0.15, 0.2) is 76.4 Å². The van der Waals surface area contributed by atoms with Gasteiger partial charge in [0.2, 0.25) is 11.3 Å². The van der Waals surface area contributed by atoms with Crippen LogP contribution in [0.2, 0.25) is 0 Å². The summed E-state index contributed by atoms with van der Waals surface area (Å²) in [5.74, 6) is 4.72. The monoisotopic (exact) mass is 988 g/mol. The number of amides is 2. The average molecular weight is 989 g/mol. The molecular weight excluding hydrogens is 941 g/mol.